The van der Waals surface area contributed by atoms with Crippen LogP contribution in [0, 0.1) is 0 Å². The summed E-state index contributed by atoms with van der Waals surface area (Å²) in [6, 6.07) is 8.06. The Kier molecular flexibility index (Phi) is 7.13. The minimum absolute atomic E-state index is 0.330. The zero-order valence-corrected chi connectivity index (χ0v) is 17.7. The Morgan fingerprint density at radius 1 is 1.00 bits per heavy atom. The van der Waals surface area contributed by atoms with Gasteiger partial charge in [0.15, 0.2) is 11.5 Å². The maximum atomic E-state index is 11.1. The lowest BCUT2D eigenvalue weighted by atomic mass is 10.1. The number of amides is 1. The highest BCUT2D eigenvalue weighted by molar-refractivity contribution is 5.82. The van der Waals surface area contributed by atoms with E-state index in [2.05, 4.69) is 31.3 Å². The largest absolute Gasteiger partial charge is 0.368 e. The number of H-pyrrole nitrogens is 1. The molecule has 3 aromatic heterocycles. The first kappa shape index (κ1) is 21.6. The fourth-order valence-corrected chi connectivity index (χ4v) is 3.66. The Morgan fingerprint density at radius 3 is 2.81 bits per heavy atom. The number of nitrogens with one attached hydrogen (secondary N) is 3. The van der Waals surface area contributed by atoms with Crippen LogP contribution >= 0.6 is 0 Å². The molecule has 0 radical (unpaired) electrons. The van der Waals surface area contributed by atoms with Crippen molar-refractivity contribution in [1.29, 1.82) is 0 Å². The maximum Gasteiger partial charge on any atom is 0.243 e. The molecule has 0 bridgehead atoms. The van der Waals surface area contributed by atoms with Crippen LogP contribution in [0.4, 0.5) is 5.82 Å². The first-order chi connectivity index (χ1) is 15.7. The number of aryl methyl sites for hydroxylation is 2. The number of hydrogen-bond acceptors (Lipinski definition) is 8. The summed E-state index contributed by atoms with van der Waals surface area (Å²) in [5.41, 5.74) is 5.11. The normalized spacial score (nSPS) is 11.2. The van der Waals surface area contributed by atoms with Crippen molar-refractivity contribution in [2.75, 3.05) is 11.9 Å². The number of hydrogen-bond donors (Lipinski definition) is 4. The van der Waals surface area contributed by atoms with Crippen LogP contribution in [0.1, 0.15) is 43.6 Å². The second-order valence-electron chi connectivity index (χ2n) is 7.55. The van der Waals surface area contributed by atoms with E-state index in [1.165, 1.54) is 6.33 Å². The summed E-state index contributed by atoms with van der Waals surface area (Å²) in [6.07, 6.45) is 8.43. The maximum absolute atomic E-state index is 11.1. The molecule has 4 aromatic rings. The lowest BCUT2D eigenvalue weighted by Gasteiger charge is -2.10. The molecule has 0 aliphatic carbocycles. The number of para-hydroxylation sites is 1. The summed E-state index contributed by atoms with van der Waals surface area (Å²) in [5, 5.41) is 13.0. The van der Waals surface area contributed by atoms with Crippen LogP contribution < -0.4 is 10.8 Å². The number of aromatic amines is 1. The van der Waals surface area contributed by atoms with Gasteiger partial charge in [-0.05, 0) is 31.7 Å². The van der Waals surface area contributed by atoms with Crippen LogP contribution in [0.25, 0.3) is 22.1 Å². The fourth-order valence-electron chi connectivity index (χ4n) is 3.66. The average Bonchev–Trinajstić information content (AvgIpc) is 3.31. The van der Waals surface area contributed by atoms with Crippen LogP contribution in [-0.2, 0) is 17.6 Å². The van der Waals surface area contributed by atoms with E-state index in [4.69, 9.17) is 15.2 Å². The number of hydroxylamine groups is 1. The molecule has 0 saturated carbocycles. The van der Waals surface area contributed by atoms with Crippen molar-refractivity contribution < 1.29 is 10.0 Å². The molecule has 0 unspecified atom stereocenters. The van der Waals surface area contributed by atoms with Crippen LogP contribution in [-0.4, -0.2) is 47.6 Å². The number of benzene rings is 1. The molecule has 4 rings (SSSR count). The van der Waals surface area contributed by atoms with E-state index in [1.54, 1.807) is 11.8 Å². The highest BCUT2D eigenvalue weighted by Crippen LogP contribution is 2.19. The van der Waals surface area contributed by atoms with Crippen molar-refractivity contribution >= 4 is 33.8 Å². The molecule has 4 N–H and O–H groups in total. The van der Waals surface area contributed by atoms with Crippen molar-refractivity contribution in [3.63, 3.8) is 0 Å². The number of imidazole rings is 1. The second-order valence-corrected chi connectivity index (χ2v) is 7.55. The number of carbonyl (C=O) groups excluding carboxylic acids is 1. The van der Waals surface area contributed by atoms with Gasteiger partial charge in [0.1, 0.15) is 17.7 Å². The van der Waals surface area contributed by atoms with Gasteiger partial charge in [0.05, 0.1) is 17.5 Å². The Labute approximate surface area is 184 Å². The first-order valence-corrected chi connectivity index (χ1v) is 10.8. The highest BCUT2D eigenvalue weighted by Gasteiger charge is 2.09. The highest BCUT2D eigenvalue weighted by atomic mass is 16.5. The van der Waals surface area contributed by atoms with Gasteiger partial charge in [-0.2, -0.15) is 0 Å². The molecular weight excluding hydrogens is 408 g/mol. The fraction of sp³-hybridized carbons (Fsp3) is 0.364. The zero-order chi connectivity index (χ0) is 22.2. The van der Waals surface area contributed by atoms with E-state index in [0.717, 1.165) is 78.8 Å². The lowest BCUT2D eigenvalue weighted by molar-refractivity contribution is -0.129. The van der Waals surface area contributed by atoms with E-state index in [9.17, 15) is 4.79 Å². The van der Waals surface area contributed by atoms with Crippen molar-refractivity contribution in [2.24, 2.45) is 0 Å². The predicted molar refractivity (Wildman–Crippen MR) is 120 cm³/mol. The van der Waals surface area contributed by atoms with Crippen molar-refractivity contribution in [3.8, 4) is 0 Å². The Bertz CT molecular complexity index is 1190. The summed E-state index contributed by atoms with van der Waals surface area (Å²) in [7, 11) is 0. The van der Waals surface area contributed by atoms with E-state index in [-0.39, 0.29) is 5.91 Å². The molecular formula is C22H26N8O2. The minimum Gasteiger partial charge on any atom is -0.368 e. The molecule has 0 saturated heterocycles. The van der Waals surface area contributed by atoms with Crippen LogP contribution in [0.15, 0.2) is 36.9 Å². The zero-order valence-electron chi connectivity index (χ0n) is 17.7. The predicted octanol–water partition coefficient (Wildman–Crippen LogP) is 2.95. The average molecular weight is 435 g/mol. The van der Waals surface area contributed by atoms with Crippen LogP contribution in [0.5, 0.6) is 0 Å². The summed E-state index contributed by atoms with van der Waals surface area (Å²) >= 11 is 0. The molecule has 166 valence electrons. The number of nitrogens with zero attached hydrogens (tertiary/aromatic N) is 5. The summed E-state index contributed by atoms with van der Waals surface area (Å²) in [5.74, 6) is 1.22. The van der Waals surface area contributed by atoms with E-state index in [0.29, 0.717) is 12.1 Å². The van der Waals surface area contributed by atoms with Gasteiger partial charge < -0.3 is 10.3 Å². The molecule has 10 nitrogen and oxygen atoms in total. The van der Waals surface area contributed by atoms with Crippen molar-refractivity contribution in [1.82, 2.24) is 35.4 Å². The van der Waals surface area contributed by atoms with Gasteiger partial charge in [-0.15, -0.1) is 0 Å². The number of rotatable bonds is 11. The molecule has 0 atom stereocenters. The van der Waals surface area contributed by atoms with Gasteiger partial charge in [0.25, 0.3) is 0 Å². The third-order valence-electron chi connectivity index (χ3n) is 5.26. The number of anilines is 1. The van der Waals surface area contributed by atoms with Crippen LogP contribution in [0.2, 0.25) is 0 Å². The quantitative estimate of drug-likeness (QED) is 0.160. The lowest BCUT2D eigenvalue weighted by Crippen LogP contribution is -2.17. The van der Waals surface area contributed by atoms with Gasteiger partial charge in [0, 0.05) is 24.8 Å². The number of unbranched alkanes of at least 4 members (excludes halogenated alkanes) is 2. The summed E-state index contributed by atoms with van der Waals surface area (Å²) in [6.45, 7) is 0.726. The van der Waals surface area contributed by atoms with E-state index in [1.807, 2.05) is 18.2 Å². The molecule has 10 heteroatoms. The standard InChI is InChI=1S/C22H26N8O2/c31-19(30-32)11-3-1-2-8-16-15-7-4-5-9-17(15)29-18(28-16)10-6-12-23-21-20-22(25-13-24-20)27-14-26-21/h4-5,7,9,13-14,32H,1-3,6,8,10-12H2,(H,30,31)(H2,23,24,25,26,27). The topological polar surface area (TPSA) is 142 Å². The molecule has 32 heavy (non-hydrogen) atoms. The van der Waals surface area contributed by atoms with Crippen LogP contribution in [0.3, 0.4) is 0 Å². The number of fused-ring (bicyclic) bond motifs is 2. The third-order valence-corrected chi connectivity index (χ3v) is 5.26. The van der Waals surface area contributed by atoms with Crippen molar-refractivity contribution in [2.45, 2.75) is 44.9 Å². The van der Waals surface area contributed by atoms with Gasteiger partial charge in [-0.3, -0.25) is 10.0 Å². The van der Waals surface area contributed by atoms with E-state index >= 15 is 0 Å². The molecule has 0 fully saturated rings. The Balaban J connectivity index is 1.35. The molecule has 1 aromatic carbocycles. The monoisotopic (exact) mass is 434 g/mol. The SMILES string of the molecule is O=C(CCCCCc1nc(CCCNc2ncnc3nc[nH]c23)nc2ccccc12)NO. The Hall–Kier alpha value is -3.66. The third kappa shape index (κ3) is 5.33. The molecule has 0 aliphatic rings. The van der Waals surface area contributed by atoms with E-state index < -0.39 is 0 Å². The Morgan fingerprint density at radius 2 is 1.91 bits per heavy atom. The van der Waals surface area contributed by atoms with Crippen molar-refractivity contribution in [3.05, 3.63) is 48.4 Å². The summed E-state index contributed by atoms with van der Waals surface area (Å²) in [4.78, 5) is 36.3. The minimum atomic E-state index is -0.344. The molecule has 0 spiro atoms. The molecule has 0 aliphatic heterocycles. The van der Waals surface area contributed by atoms with Gasteiger partial charge in [-0.25, -0.2) is 30.4 Å². The first-order valence-electron chi connectivity index (χ1n) is 10.8. The van der Waals surface area contributed by atoms with Gasteiger partial charge in [0.2, 0.25) is 5.91 Å². The second kappa shape index (κ2) is 10.6. The molecule has 1 amide bonds. The van der Waals surface area contributed by atoms with Gasteiger partial charge in [-0.1, -0.05) is 24.6 Å². The molecule has 3 heterocycles. The van der Waals surface area contributed by atoms with Gasteiger partial charge >= 0.3 is 0 Å². The summed E-state index contributed by atoms with van der Waals surface area (Å²) < 4.78 is 0. The number of carbonyl (C=O) groups is 1. The number of aromatic nitrogens is 6. The smallest absolute Gasteiger partial charge is 0.243 e.